The molecule has 0 unspecified atom stereocenters. The number of anilines is 2. The van der Waals surface area contributed by atoms with Crippen LogP contribution < -0.4 is 11.1 Å². The van der Waals surface area contributed by atoms with Crippen LogP contribution in [0.15, 0.2) is 36.4 Å². The van der Waals surface area contributed by atoms with E-state index in [0.29, 0.717) is 22.0 Å². The van der Waals surface area contributed by atoms with Crippen molar-refractivity contribution < 1.29 is 4.79 Å². The van der Waals surface area contributed by atoms with Crippen LogP contribution in [0, 0.1) is 13.8 Å². The molecule has 0 aliphatic carbocycles. The summed E-state index contributed by atoms with van der Waals surface area (Å²) in [6, 6.07) is 10.6. The van der Waals surface area contributed by atoms with Gasteiger partial charge in [-0.25, -0.2) is 0 Å². The molecule has 0 heterocycles. The zero-order chi connectivity index (χ0) is 14.0. The molecule has 0 fully saturated rings. The predicted octanol–water partition coefficient (Wildman–Crippen LogP) is 3.79. The minimum absolute atomic E-state index is 0.169. The highest BCUT2D eigenvalue weighted by atomic mass is 35.5. The number of nitrogens with two attached hydrogens (primary N) is 1. The summed E-state index contributed by atoms with van der Waals surface area (Å²) >= 11 is 6.03. The number of aryl methyl sites for hydroxylation is 2. The van der Waals surface area contributed by atoms with E-state index in [1.165, 1.54) is 0 Å². The molecular weight excluding hydrogens is 260 g/mol. The average molecular weight is 275 g/mol. The Kier molecular flexibility index (Phi) is 3.76. The van der Waals surface area contributed by atoms with E-state index < -0.39 is 0 Å². The molecule has 0 atom stereocenters. The number of carbonyl (C=O) groups excluding carboxylic acids is 1. The molecule has 3 N–H and O–H groups in total. The standard InChI is InChI=1S/C15H15ClN2O/c1-9-3-5-12(8-14(9)16)18-15(19)13-6-4-11(17)7-10(13)2/h3-8H,17H2,1-2H3,(H,18,19). The van der Waals surface area contributed by atoms with Gasteiger partial charge in [-0.2, -0.15) is 0 Å². The number of rotatable bonds is 2. The SMILES string of the molecule is Cc1ccc(NC(=O)c2ccc(N)cc2C)cc1Cl. The Hall–Kier alpha value is -2.00. The first-order valence-electron chi connectivity index (χ1n) is 5.91. The van der Waals surface area contributed by atoms with E-state index in [1.807, 2.05) is 26.0 Å². The molecule has 0 radical (unpaired) electrons. The quantitative estimate of drug-likeness (QED) is 0.819. The fourth-order valence-electron chi connectivity index (χ4n) is 1.81. The first-order valence-corrected chi connectivity index (χ1v) is 6.29. The lowest BCUT2D eigenvalue weighted by Gasteiger charge is -2.09. The van der Waals surface area contributed by atoms with Gasteiger partial charge in [0.25, 0.3) is 5.91 Å². The third-order valence-corrected chi connectivity index (χ3v) is 3.33. The summed E-state index contributed by atoms with van der Waals surface area (Å²) in [5, 5.41) is 3.45. The van der Waals surface area contributed by atoms with Crippen molar-refractivity contribution in [2.75, 3.05) is 11.1 Å². The maximum atomic E-state index is 12.1. The van der Waals surface area contributed by atoms with Crippen LogP contribution in [-0.2, 0) is 0 Å². The molecule has 98 valence electrons. The maximum absolute atomic E-state index is 12.1. The number of halogens is 1. The monoisotopic (exact) mass is 274 g/mol. The summed E-state index contributed by atoms with van der Waals surface area (Å²) in [6.07, 6.45) is 0. The summed E-state index contributed by atoms with van der Waals surface area (Å²) in [6.45, 7) is 3.77. The Morgan fingerprint density at radius 3 is 2.47 bits per heavy atom. The molecule has 1 amide bonds. The van der Waals surface area contributed by atoms with Crippen molar-refractivity contribution in [1.29, 1.82) is 0 Å². The summed E-state index contributed by atoms with van der Waals surface area (Å²) in [7, 11) is 0. The summed E-state index contributed by atoms with van der Waals surface area (Å²) in [5.74, 6) is -0.169. The van der Waals surface area contributed by atoms with Crippen LogP contribution >= 0.6 is 11.6 Å². The summed E-state index contributed by atoms with van der Waals surface area (Å²) < 4.78 is 0. The zero-order valence-electron chi connectivity index (χ0n) is 10.8. The highest BCUT2D eigenvalue weighted by Gasteiger charge is 2.09. The summed E-state index contributed by atoms with van der Waals surface area (Å²) in [4.78, 5) is 12.1. The van der Waals surface area contributed by atoms with Crippen LogP contribution in [0.2, 0.25) is 5.02 Å². The second-order valence-corrected chi connectivity index (χ2v) is 4.90. The molecular formula is C15H15ClN2O. The van der Waals surface area contributed by atoms with Crippen molar-refractivity contribution in [1.82, 2.24) is 0 Å². The van der Waals surface area contributed by atoms with Gasteiger partial charge in [-0.15, -0.1) is 0 Å². The molecule has 2 rings (SSSR count). The van der Waals surface area contributed by atoms with Gasteiger partial charge in [0.05, 0.1) is 0 Å². The molecule has 0 aromatic heterocycles. The smallest absolute Gasteiger partial charge is 0.255 e. The van der Waals surface area contributed by atoms with Gasteiger partial charge in [0, 0.05) is 22.0 Å². The van der Waals surface area contributed by atoms with Crippen molar-refractivity contribution in [3.05, 3.63) is 58.1 Å². The van der Waals surface area contributed by atoms with Crippen LogP contribution in [0.3, 0.4) is 0 Å². The minimum atomic E-state index is -0.169. The largest absolute Gasteiger partial charge is 0.399 e. The van der Waals surface area contributed by atoms with Crippen molar-refractivity contribution in [3.63, 3.8) is 0 Å². The van der Waals surface area contributed by atoms with Crippen LogP contribution in [0.4, 0.5) is 11.4 Å². The fourth-order valence-corrected chi connectivity index (χ4v) is 1.99. The lowest BCUT2D eigenvalue weighted by molar-refractivity contribution is 0.102. The van der Waals surface area contributed by atoms with Crippen LogP contribution in [0.5, 0.6) is 0 Å². The average Bonchev–Trinajstić information content (AvgIpc) is 2.33. The van der Waals surface area contributed by atoms with E-state index in [1.54, 1.807) is 24.3 Å². The lowest BCUT2D eigenvalue weighted by atomic mass is 10.1. The number of benzene rings is 2. The molecule has 0 aliphatic rings. The molecule has 4 heteroatoms. The Morgan fingerprint density at radius 1 is 1.11 bits per heavy atom. The molecule has 0 saturated carbocycles. The minimum Gasteiger partial charge on any atom is -0.399 e. The van der Waals surface area contributed by atoms with E-state index in [2.05, 4.69) is 5.32 Å². The second-order valence-electron chi connectivity index (χ2n) is 4.49. The molecule has 3 nitrogen and oxygen atoms in total. The van der Waals surface area contributed by atoms with Crippen LogP contribution in [0.1, 0.15) is 21.5 Å². The van der Waals surface area contributed by atoms with Crippen LogP contribution in [-0.4, -0.2) is 5.91 Å². The van der Waals surface area contributed by atoms with Gasteiger partial charge >= 0.3 is 0 Å². The first-order chi connectivity index (χ1) is 8.97. The van der Waals surface area contributed by atoms with Gasteiger partial charge in [0.15, 0.2) is 0 Å². The molecule has 0 aliphatic heterocycles. The normalized spacial score (nSPS) is 10.3. The Labute approximate surface area is 117 Å². The number of hydrogen-bond donors (Lipinski definition) is 2. The number of hydrogen-bond acceptors (Lipinski definition) is 2. The van der Waals surface area contributed by atoms with E-state index in [9.17, 15) is 4.79 Å². The second kappa shape index (κ2) is 5.33. The number of amides is 1. The van der Waals surface area contributed by atoms with E-state index >= 15 is 0 Å². The van der Waals surface area contributed by atoms with Gasteiger partial charge < -0.3 is 11.1 Å². The van der Waals surface area contributed by atoms with Gasteiger partial charge in [0.1, 0.15) is 0 Å². The summed E-state index contributed by atoms with van der Waals surface area (Å²) in [5.41, 5.74) is 9.41. The maximum Gasteiger partial charge on any atom is 0.255 e. The van der Waals surface area contributed by atoms with Crippen molar-refractivity contribution >= 4 is 28.9 Å². The zero-order valence-corrected chi connectivity index (χ0v) is 11.6. The predicted molar refractivity (Wildman–Crippen MR) is 79.7 cm³/mol. The molecule has 2 aromatic carbocycles. The van der Waals surface area contributed by atoms with Gasteiger partial charge in [-0.3, -0.25) is 4.79 Å². The highest BCUT2D eigenvalue weighted by molar-refractivity contribution is 6.31. The van der Waals surface area contributed by atoms with E-state index in [0.717, 1.165) is 11.1 Å². The fraction of sp³-hybridized carbons (Fsp3) is 0.133. The topological polar surface area (TPSA) is 55.1 Å². The van der Waals surface area contributed by atoms with Crippen molar-refractivity contribution in [2.24, 2.45) is 0 Å². The van der Waals surface area contributed by atoms with Crippen LogP contribution in [0.25, 0.3) is 0 Å². The number of nitrogen functional groups attached to an aromatic ring is 1. The highest BCUT2D eigenvalue weighted by Crippen LogP contribution is 2.21. The number of nitrogens with one attached hydrogen (secondary N) is 1. The number of carbonyl (C=O) groups is 1. The van der Waals surface area contributed by atoms with Crippen molar-refractivity contribution in [3.8, 4) is 0 Å². The van der Waals surface area contributed by atoms with Gasteiger partial charge in [-0.1, -0.05) is 17.7 Å². The molecule has 2 aromatic rings. The molecule has 0 bridgehead atoms. The molecule has 0 saturated heterocycles. The van der Waals surface area contributed by atoms with Crippen molar-refractivity contribution in [2.45, 2.75) is 13.8 Å². The molecule has 0 spiro atoms. The van der Waals surface area contributed by atoms with Gasteiger partial charge in [-0.05, 0) is 55.3 Å². The third kappa shape index (κ3) is 3.06. The Balaban J connectivity index is 2.23. The Morgan fingerprint density at radius 2 is 1.84 bits per heavy atom. The van der Waals surface area contributed by atoms with E-state index in [-0.39, 0.29) is 5.91 Å². The van der Waals surface area contributed by atoms with E-state index in [4.69, 9.17) is 17.3 Å². The Bertz CT molecular complexity index is 638. The lowest BCUT2D eigenvalue weighted by Crippen LogP contribution is -2.13. The van der Waals surface area contributed by atoms with Gasteiger partial charge in [0.2, 0.25) is 0 Å². The first kappa shape index (κ1) is 13.4. The third-order valence-electron chi connectivity index (χ3n) is 2.92. The molecule has 19 heavy (non-hydrogen) atoms.